The van der Waals surface area contributed by atoms with Crippen LogP contribution in [-0.2, 0) is 19.1 Å². The van der Waals surface area contributed by atoms with Crippen LogP contribution in [0.5, 0.6) is 0 Å². The molecule has 1 heterocycles. The van der Waals surface area contributed by atoms with Gasteiger partial charge in [0.1, 0.15) is 17.8 Å². The van der Waals surface area contributed by atoms with Gasteiger partial charge in [-0.1, -0.05) is 118 Å². The fraction of sp³-hybridized carbons (Fsp3) is 0.939. The van der Waals surface area contributed by atoms with Crippen LogP contribution in [0.3, 0.4) is 0 Å². The highest BCUT2D eigenvalue weighted by molar-refractivity contribution is 6.01. The second-order valence-corrected chi connectivity index (χ2v) is 14.4. The van der Waals surface area contributed by atoms with Gasteiger partial charge in [0.25, 0.3) is 0 Å². The summed E-state index contributed by atoms with van der Waals surface area (Å²) in [5.41, 5.74) is -3.32. The average molecular weight is 533 g/mol. The molecule has 3 saturated carbocycles. The highest BCUT2D eigenvalue weighted by Crippen LogP contribution is 2.80. The van der Waals surface area contributed by atoms with Gasteiger partial charge >= 0.3 is 5.97 Å². The van der Waals surface area contributed by atoms with E-state index in [-0.39, 0.29) is 35.1 Å². The molecule has 0 radical (unpaired) electrons. The Labute approximate surface area is 232 Å². The van der Waals surface area contributed by atoms with E-state index in [4.69, 9.17) is 9.47 Å². The summed E-state index contributed by atoms with van der Waals surface area (Å²) in [5.74, 6) is -0.537. The smallest absolute Gasteiger partial charge is 0.305 e. The van der Waals surface area contributed by atoms with Gasteiger partial charge in [-0.3, -0.25) is 9.59 Å². The number of carbonyl (C=O) groups excluding carboxylic acids is 2. The summed E-state index contributed by atoms with van der Waals surface area (Å²) >= 11 is 0. The molecule has 0 aromatic carbocycles. The van der Waals surface area contributed by atoms with Gasteiger partial charge < -0.3 is 14.6 Å². The first-order valence-electron chi connectivity index (χ1n) is 16.2. The SMILES string of the molecule is CCCCCCCCCCCCCCCCCC(=O)OC[C@]12OC13CC[C@]3(C)[C@H]1CC(C)(C)C[C@@]1(O)C2=O. The summed E-state index contributed by atoms with van der Waals surface area (Å²) in [6.45, 7) is 8.70. The number of hydrogen-bond donors (Lipinski definition) is 1. The van der Waals surface area contributed by atoms with Crippen LogP contribution in [0.25, 0.3) is 0 Å². The van der Waals surface area contributed by atoms with Crippen molar-refractivity contribution in [3.05, 3.63) is 0 Å². The van der Waals surface area contributed by atoms with Gasteiger partial charge in [0.05, 0.1) is 0 Å². The fourth-order valence-electron chi connectivity index (χ4n) is 8.63. The Bertz CT molecular complexity index is 837. The maximum atomic E-state index is 13.7. The number of carbonyl (C=O) groups is 2. The summed E-state index contributed by atoms with van der Waals surface area (Å²) in [7, 11) is 0. The molecule has 0 aromatic rings. The number of epoxide rings is 1. The molecule has 1 saturated heterocycles. The third-order valence-electron chi connectivity index (χ3n) is 10.9. The van der Waals surface area contributed by atoms with Crippen LogP contribution in [0.4, 0.5) is 0 Å². The number of Topliss-reactive ketones (excluding diaryl/α,β-unsaturated/α-hetero) is 1. The molecule has 0 amide bonds. The molecule has 5 heteroatoms. The van der Waals surface area contributed by atoms with Crippen molar-refractivity contribution in [3.8, 4) is 0 Å². The molecule has 1 aliphatic heterocycles. The van der Waals surface area contributed by atoms with Crippen molar-refractivity contribution in [1.29, 1.82) is 0 Å². The first-order valence-corrected chi connectivity index (χ1v) is 16.2. The summed E-state index contributed by atoms with van der Waals surface area (Å²) < 4.78 is 11.9. The Morgan fingerprint density at radius 1 is 0.868 bits per heavy atom. The number of esters is 1. The van der Waals surface area contributed by atoms with E-state index >= 15 is 0 Å². The number of hydrogen-bond acceptors (Lipinski definition) is 5. The number of aliphatic hydroxyl groups is 1. The van der Waals surface area contributed by atoms with Crippen molar-refractivity contribution in [2.45, 2.75) is 173 Å². The molecule has 1 unspecified atom stereocenters. The molecule has 4 rings (SSSR count). The first-order chi connectivity index (χ1) is 18.1. The van der Waals surface area contributed by atoms with Gasteiger partial charge in [-0.2, -0.15) is 0 Å². The molecule has 0 bridgehead atoms. The maximum Gasteiger partial charge on any atom is 0.305 e. The van der Waals surface area contributed by atoms with E-state index in [2.05, 4.69) is 27.7 Å². The van der Waals surface area contributed by atoms with E-state index < -0.39 is 16.8 Å². The van der Waals surface area contributed by atoms with Gasteiger partial charge in [0, 0.05) is 17.8 Å². The molecule has 3 aliphatic carbocycles. The van der Waals surface area contributed by atoms with Gasteiger partial charge in [-0.25, -0.2) is 0 Å². The normalized spacial score (nSPS) is 36.2. The summed E-state index contributed by atoms with van der Waals surface area (Å²) in [4.78, 5) is 26.2. The summed E-state index contributed by atoms with van der Waals surface area (Å²) in [5, 5.41) is 11.6. The molecular formula is C33H56O5. The van der Waals surface area contributed by atoms with Crippen molar-refractivity contribution in [1.82, 2.24) is 0 Å². The Morgan fingerprint density at radius 3 is 1.89 bits per heavy atom. The molecule has 38 heavy (non-hydrogen) atoms. The minimum absolute atomic E-state index is 0.0333. The predicted octanol–water partition coefficient (Wildman–Crippen LogP) is 7.85. The van der Waals surface area contributed by atoms with E-state index in [1.54, 1.807) is 0 Å². The lowest BCUT2D eigenvalue weighted by Gasteiger charge is -2.57. The minimum Gasteiger partial charge on any atom is -0.462 e. The van der Waals surface area contributed by atoms with E-state index in [1.165, 1.54) is 83.5 Å². The third-order valence-corrected chi connectivity index (χ3v) is 10.9. The fourth-order valence-corrected chi connectivity index (χ4v) is 8.63. The Balaban J connectivity index is 1.07. The van der Waals surface area contributed by atoms with Gasteiger partial charge in [-0.05, 0) is 37.5 Å². The van der Waals surface area contributed by atoms with Crippen LogP contribution >= 0.6 is 0 Å². The zero-order valence-corrected chi connectivity index (χ0v) is 25.0. The highest BCUT2D eigenvalue weighted by atomic mass is 16.7. The van der Waals surface area contributed by atoms with Crippen molar-refractivity contribution < 1.29 is 24.2 Å². The molecule has 4 aliphatic rings. The Kier molecular flexibility index (Phi) is 9.39. The Hall–Kier alpha value is -0.940. The van der Waals surface area contributed by atoms with E-state index in [0.29, 0.717) is 12.8 Å². The number of ketones is 1. The molecular weight excluding hydrogens is 476 g/mol. The van der Waals surface area contributed by atoms with Crippen LogP contribution in [0, 0.1) is 16.7 Å². The van der Waals surface area contributed by atoms with Gasteiger partial charge in [0.15, 0.2) is 5.60 Å². The van der Waals surface area contributed by atoms with Crippen molar-refractivity contribution in [3.63, 3.8) is 0 Å². The zero-order valence-electron chi connectivity index (χ0n) is 25.0. The van der Waals surface area contributed by atoms with Crippen LogP contribution in [0.15, 0.2) is 0 Å². The number of ether oxygens (including phenoxy) is 2. The van der Waals surface area contributed by atoms with Crippen molar-refractivity contribution in [2.24, 2.45) is 16.7 Å². The lowest BCUT2D eigenvalue weighted by atomic mass is 9.43. The monoisotopic (exact) mass is 532 g/mol. The van der Waals surface area contributed by atoms with E-state index in [0.717, 1.165) is 32.1 Å². The van der Waals surface area contributed by atoms with Crippen molar-refractivity contribution in [2.75, 3.05) is 6.61 Å². The lowest BCUT2D eigenvalue weighted by Crippen LogP contribution is -2.70. The zero-order chi connectivity index (χ0) is 27.5. The largest absolute Gasteiger partial charge is 0.462 e. The molecule has 5 nitrogen and oxygen atoms in total. The van der Waals surface area contributed by atoms with E-state index in [1.807, 2.05) is 0 Å². The minimum atomic E-state index is -1.36. The molecule has 5 atom stereocenters. The molecule has 218 valence electrons. The quantitative estimate of drug-likeness (QED) is 0.110. The predicted molar refractivity (Wildman–Crippen MR) is 151 cm³/mol. The van der Waals surface area contributed by atoms with Crippen LogP contribution in [-0.4, -0.2) is 40.3 Å². The number of unbranched alkanes of at least 4 members (excludes halogenated alkanes) is 14. The van der Waals surface area contributed by atoms with Crippen LogP contribution < -0.4 is 0 Å². The standard InChI is InChI=1S/C33H56O5/c1-5-6-7-8-9-10-11-12-13-14-15-16-17-18-19-20-27(34)37-25-32-28(35)31(36)24-29(2,3)23-26(31)30(4)21-22-33(30,32)38-32/h26,36H,5-25H2,1-4H3/t26-,30-,31+,32-,33?/m1/s1. The molecule has 0 aromatic heterocycles. The van der Waals surface area contributed by atoms with Gasteiger partial charge in [0.2, 0.25) is 5.78 Å². The molecule has 4 fully saturated rings. The third kappa shape index (κ3) is 5.49. The molecule has 1 spiro atoms. The maximum absolute atomic E-state index is 13.7. The van der Waals surface area contributed by atoms with Crippen LogP contribution in [0.2, 0.25) is 0 Å². The second-order valence-electron chi connectivity index (χ2n) is 14.4. The first kappa shape index (κ1) is 30.0. The topological polar surface area (TPSA) is 76.1 Å². The summed E-state index contributed by atoms with van der Waals surface area (Å²) in [6, 6.07) is 0. The highest BCUT2D eigenvalue weighted by Gasteiger charge is 2.93. The molecule has 1 N–H and O–H groups in total. The number of rotatable bonds is 18. The summed E-state index contributed by atoms with van der Waals surface area (Å²) in [6.07, 6.45) is 22.9. The van der Waals surface area contributed by atoms with Crippen LogP contribution in [0.1, 0.15) is 156 Å². The Morgan fingerprint density at radius 2 is 1.39 bits per heavy atom. The van der Waals surface area contributed by atoms with Crippen molar-refractivity contribution >= 4 is 11.8 Å². The lowest BCUT2D eigenvalue weighted by molar-refractivity contribution is -0.176. The second kappa shape index (κ2) is 11.9. The van der Waals surface area contributed by atoms with E-state index in [9.17, 15) is 14.7 Å². The number of fused-ring (bicyclic) bond motifs is 2. The average Bonchev–Trinajstić information content (AvgIpc) is 3.52. The van der Waals surface area contributed by atoms with Gasteiger partial charge in [-0.15, -0.1) is 0 Å².